The molecule has 4 aromatic rings. The number of amides is 1. The molecule has 0 radical (unpaired) electrons. The van der Waals surface area contributed by atoms with Crippen LogP contribution in [0.3, 0.4) is 0 Å². The van der Waals surface area contributed by atoms with E-state index in [1.807, 2.05) is 67.7 Å². The summed E-state index contributed by atoms with van der Waals surface area (Å²) in [6.07, 6.45) is 0.838. The predicted octanol–water partition coefficient (Wildman–Crippen LogP) is 3.25. The van der Waals surface area contributed by atoms with Crippen molar-refractivity contribution in [2.45, 2.75) is 19.0 Å². The second-order valence-electron chi connectivity index (χ2n) is 9.49. The summed E-state index contributed by atoms with van der Waals surface area (Å²) >= 11 is 0. The summed E-state index contributed by atoms with van der Waals surface area (Å²) < 4.78 is 18.9. The fraction of sp³-hybridized carbons (Fsp3) is 0.286. The lowest BCUT2D eigenvalue weighted by molar-refractivity contribution is 0.0785. The normalized spacial score (nSPS) is 16.2. The van der Waals surface area contributed by atoms with Gasteiger partial charge in [0.1, 0.15) is 6.04 Å². The number of hydrogen-bond donors (Lipinski definition) is 0. The summed E-state index contributed by atoms with van der Waals surface area (Å²) in [4.78, 5) is 16.9. The van der Waals surface area contributed by atoms with E-state index in [2.05, 4.69) is 20.4 Å². The third-order valence-electron chi connectivity index (χ3n) is 7.10. The van der Waals surface area contributed by atoms with Crippen LogP contribution in [0.5, 0.6) is 17.2 Å². The average molecular weight is 513 g/mol. The fourth-order valence-electron chi connectivity index (χ4n) is 5.20. The fourth-order valence-corrected chi connectivity index (χ4v) is 5.20. The number of nitrogens with zero attached hydrogens (tertiary/aromatic N) is 6. The van der Waals surface area contributed by atoms with Crippen LogP contribution in [0.4, 0.5) is 0 Å². The Balaban J connectivity index is 1.31. The van der Waals surface area contributed by atoms with Crippen molar-refractivity contribution in [1.82, 2.24) is 30.0 Å². The molecule has 3 aromatic carbocycles. The molecule has 0 saturated carbocycles. The lowest BCUT2D eigenvalue weighted by Gasteiger charge is -2.34. The number of rotatable bonds is 6. The van der Waals surface area contributed by atoms with Gasteiger partial charge in [-0.3, -0.25) is 9.69 Å². The number of ether oxygens (including phenoxy) is 3. The first kappa shape index (κ1) is 23.9. The van der Waals surface area contributed by atoms with Crippen molar-refractivity contribution in [3.8, 4) is 22.9 Å². The Hall–Kier alpha value is -4.44. The highest BCUT2D eigenvalue weighted by molar-refractivity contribution is 5.94. The summed E-state index contributed by atoms with van der Waals surface area (Å²) in [6, 6.07) is 19.0. The molecule has 194 valence electrons. The van der Waals surface area contributed by atoms with E-state index in [9.17, 15) is 4.79 Å². The first-order valence-electron chi connectivity index (χ1n) is 12.4. The first-order valence-corrected chi connectivity index (χ1v) is 12.4. The number of aromatic nitrogens is 4. The molecule has 0 unspecified atom stereocenters. The molecule has 0 spiro atoms. The van der Waals surface area contributed by atoms with E-state index in [1.54, 1.807) is 23.7 Å². The predicted molar refractivity (Wildman–Crippen MR) is 139 cm³/mol. The molecule has 1 aromatic heterocycles. The van der Waals surface area contributed by atoms with Gasteiger partial charge in [0, 0.05) is 31.3 Å². The van der Waals surface area contributed by atoms with Crippen LogP contribution < -0.4 is 14.2 Å². The smallest absolute Gasteiger partial charge is 0.253 e. The standard InChI is InChI=1S/C28H28N6O4/c1-32-14-13-20-15-22-25(38-17-37-22)26(36-3)23(20)24(32)27-29-30-31-34(27)21-11-9-19(10-12-21)28(35)33(2)16-18-7-5-4-6-8-18/h4-12,15,24H,13-14,16-17H2,1-3H3/t24-/m0/s1. The zero-order valence-corrected chi connectivity index (χ0v) is 21.5. The van der Waals surface area contributed by atoms with E-state index in [4.69, 9.17) is 14.2 Å². The van der Waals surface area contributed by atoms with E-state index in [-0.39, 0.29) is 18.7 Å². The van der Waals surface area contributed by atoms with Crippen molar-refractivity contribution in [2.75, 3.05) is 34.5 Å². The molecule has 0 saturated heterocycles. The molecule has 0 N–H and O–H groups in total. The number of fused-ring (bicyclic) bond motifs is 2. The summed E-state index contributed by atoms with van der Waals surface area (Å²) in [5, 5.41) is 12.7. The average Bonchev–Trinajstić information content (AvgIpc) is 3.62. The SMILES string of the molecule is COc1c2c(cc3c1[C@@H](c1nnnn1-c1ccc(C(=O)N(C)Cc4ccccc4)cc1)N(C)CC3)OCO2. The maximum absolute atomic E-state index is 13.0. The van der Waals surface area contributed by atoms with Crippen LogP contribution in [-0.4, -0.2) is 70.5 Å². The van der Waals surface area contributed by atoms with Gasteiger partial charge in [-0.2, -0.15) is 4.68 Å². The van der Waals surface area contributed by atoms with Crippen LogP contribution >= 0.6 is 0 Å². The maximum Gasteiger partial charge on any atom is 0.253 e. The third kappa shape index (κ3) is 4.12. The van der Waals surface area contributed by atoms with Crippen molar-refractivity contribution >= 4 is 5.91 Å². The van der Waals surface area contributed by atoms with Crippen LogP contribution in [0.25, 0.3) is 5.69 Å². The number of methoxy groups -OCH3 is 1. The zero-order chi connectivity index (χ0) is 26.2. The van der Waals surface area contributed by atoms with Gasteiger partial charge in [-0.1, -0.05) is 30.3 Å². The lowest BCUT2D eigenvalue weighted by Crippen LogP contribution is -2.35. The minimum absolute atomic E-state index is 0.0564. The van der Waals surface area contributed by atoms with Crippen LogP contribution in [0.2, 0.25) is 0 Å². The molecule has 3 heterocycles. The highest BCUT2D eigenvalue weighted by atomic mass is 16.7. The van der Waals surface area contributed by atoms with Crippen molar-refractivity contribution in [3.63, 3.8) is 0 Å². The van der Waals surface area contributed by atoms with E-state index in [0.29, 0.717) is 35.2 Å². The quantitative estimate of drug-likeness (QED) is 0.389. The van der Waals surface area contributed by atoms with Crippen LogP contribution in [0.15, 0.2) is 60.7 Å². The van der Waals surface area contributed by atoms with Crippen LogP contribution in [0.1, 0.15) is 38.9 Å². The molecular weight excluding hydrogens is 484 g/mol. The monoisotopic (exact) mass is 512 g/mol. The molecule has 0 bridgehead atoms. The van der Waals surface area contributed by atoms with Gasteiger partial charge in [0.25, 0.3) is 5.91 Å². The molecule has 0 aliphatic carbocycles. The number of carbonyl (C=O) groups is 1. The summed E-state index contributed by atoms with van der Waals surface area (Å²) in [5.74, 6) is 2.53. The molecule has 1 atom stereocenters. The molecule has 10 heteroatoms. The Morgan fingerprint density at radius 2 is 1.92 bits per heavy atom. The molecule has 2 aliphatic heterocycles. The first-order chi connectivity index (χ1) is 18.5. The number of likely N-dealkylation sites (N-methyl/N-ethyl adjacent to an activating group) is 1. The van der Waals surface area contributed by atoms with Gasteiger partial charge in [-0.15, -0.1) is 5.10 Å². The minimum atomic E-state index is -0.267. The highest BCUT2D eigenvalue weighted by Gasteiger charge is 2.37. The van der Waals surface area contributed by atoms with Gasteiger partial charge >= 0.3 is 0 Å². The van der Waals surface area contributed by atoms with E-state index < -0.39 is 0 Å². The van der Waals surface area contributed by atoms with Crippen molar-refractivity contribution in [3.05, 3.63) is 88.7 Å². The Morgan fingerprint density at radius 3 is 2.68 bits per heavy atom. The Morgan fingerprint density at radius 1 is 1.13 bits per heavy atom. The molecule has 6 rings (SSSR count). The van der Waals surface area contributed by atoms with E-state index in [0.717, 1.165) is 35.3 Å². The van der Waals surface area contributed by atoms with Crippen molar-refractivity contribution in [2.24, 2.45) is 0 Å². The summed E-state index contributed by atoms with van der Waals surface area (Å²) in [6.45, 7) is 1.51. The number of carbonyl (C=O) groups excluding carboxylic acids is 1. The Kier molecular flexibility index (Phi) is 6.16. The maximum atomic E-state index is 13.0. The number of tetrazole rings is 1. The van der Waals surface area contributed by atoms with Crippen LogP contribution in [-0.2, 0) is 13.0 Å². The number of hydrogen-bond acceptors (Lipinski definition) is 8. The van der Waals surface area contributed by atoms with Gasteiger partial charge in [0.05, 0.1) is 12.8 Å². The third-order valence-corrected chi connectivity index (χ3v) is 7.10. The molecule has 38 heavy (non-hydrogen) atoms. The Labute approximate surface area is 220 Å². The zero-order valence-electron chi connectivity index (χ0n) is 21.5. The Bertz CT molecular complexity index is 1470. The molecule has 2 aliphatic rings. The lowest BCUT2D eigenvalue weighted by atomic mass is 9.90. The second-order valence-corrected chi connectivity index (χ2v) is 9.49. The van der Waals surface area contributed by atoms with Gasteiger partial charge in [0.15, 0.2) is 17.3 Å². The van der Waals surface area contributed by atoms with Gasteiger partial charge in [-0.05, 0) is 65.4 Å². The summed E-state index contributed by atoms with van der Waals surface area (Å²) in [7, 11) is 5.48. The van der Waals surface area contributed by atoms with Crippen molar-refractivity contribution in [1.29, 1.82) is 0 Å². The minimum Gasteiger partial charge on any atom is -0.492 e. The van der Waals surface area contributed by atoms with Crippen LogP contribution in [0, 0.1) is 0 Å². The van der Waals surface area contributed by atoms with Gasteiger partial charge in [0.2, 0.25) is 12.5 Å². The summed E-state index contributed by atoms with van der Waals surface area (Å²) in [5.41, 5.74) is 4.51. The molecule has 0 fully saturated rings. The molecule has 1 amide bonds. The van der Waals surface area contributed by atoms with E-state index in [1.165, 1.54) is 0 Å². The van der Waals surface area contributed by atoms with E-state index >= 15 is 0 Å². The highest BCUT2D eigenvalue weighted by Crippen LogP contribution is 2.50. The van der Waals surface area contributed by atoms with Gasteiger partial charge < -0.3 is 19.1 Å². The molecular formula is C28H28N6O4. The largest absolute Gasteiger partial charge is 0.492 e. The number of benzene rings is 3. The van der Waals surface area contributed by atoms with Gasteiger partial charge in [-0.25, -0.2) is 0 Å². The molecule has 10 nitrogen and oxygen atoms in total. The topological polar surface area (TPSA) is 94.8 Å². The van der Waals surface area contributed by atoms with Crippen molar-refractivity contribution < 1.29 is 19.0 Å². The second kappa shape index (κ2) is 9.79.